The molecular weight excluding hydrogens is 260 g/mol. The predicted octanol–water partition coefficient (Wildman–Crippen LogP) is 4.56. The van der Waals surface area contributed by atoms with E-state index in [-0.39, 0.29) is 0 Å². The van der Waals surface area contributed by atoms with Gasteiger partial charge in [-0.25, -0.2) is 0 Å². The average Bonchev–Trinajstić information content (AvgIpc) is 2.51. The van der Waals surface area contributed by atoms with Crippen molar-refractivity contribution in [1.82, 2.24) is 0 Å². The molecule has 0 unspecified atom stereocenters. The molecule has 3 nitrogen and oxygen atoms in total. The maximum Gasteiger partial charge on any atom is 0.144 e. The van der Waals surface area contributed by atoms with Gasteiger partial charge < -0.3 is 15.8 Å². The minimum Gasteiger partial charge on any atom is -0.492 e. The third-order valence-electron chi connectivity index (χ3n) is 3.38. The van der Waals surface area contributed by atoms with E-state index in [0.717, 1.165) is 11.4 Å². The largest absolute Gasteiger partial charge is 0.492 e. The fourth-order valence-electron chi connectivity index (χ4n) is 2.38. The van der Waals surface area contributed by atoms with E-state index in [0.29, 0.717) is 18.0 Å². The van der Waals surface area contributed by atoms with Crippen LogP contribution in [-0.4, -0.2) is 6.61 Å². The van der Waals surface area contributed by atoms with Crippen LogP contribution in [0.3, 0.4) is 0 Å². The molecule has 0 fully saturated rings. The fourth-order valence-corrected chi connectivity index (χ4v) is 2.38. The highest BCUT2D eigenvalue weighted by atomic mass is 16.5. The molecule has 0 bridgehead atoms. The third kappa shape index (κ3) is 2.77. The van der Waals surface area contributed by atoms with Gasteiger partial charge in [0.25, 0.3) is 0 Å². The van der Waals surface area contributed by atoms with E-state index in [2.05, 4.69) is 29.6 Å². The molecule has 3 aromatic carbocycles. The van der Waals surface area contributed by atoms with Crippen LogP contribution < -0.4 is 15.8 Å². The molecule has 3 N–H and O–H groups in total. The van der Waals surface area contributed by atoms with Gasteiger partial charge in [-0.15, -0.1) is 0 Å². The van der Waals surface area contributed by atoms with Crippen molar-refractivity contribution in [2.24, 2.45) is 0 Å². The van der Waals surface area contributed by atoms with Crippen molar-refractivity contribution in [2.75, 3.05) is 17.7 Å². The first-order chi connectivity index (χ1) is 10.3. The van der Waals surface area contributed by atoms with Crippen molar-refractivity contribution in [1.29, 1.82) is 0 Å². The second-order valence-corrected chi connectivity index (χ2v) is 4.84. The van der Waals surface area contributed by atoms with E-state index in [1.165, 1.54) is 10.8 Å². The number of rotatable bonds is 4. The molecule has 0 spiro atoms. The molecule has 3 aromatic rings. The molecule has 0 saturated heterocycles. The van der Waals surface area contributed by atoms with E-state index < -0.39 is 0 Å². The SMILES string of the molecule is CCOc1cc(Nc2cccc3ccccc23)ccc1N. The molecule has 0 radical (unpaired) electrons. The number of fused-ring (bicyclic) bond motifs is 1. The zero-order valence-electron chi connectivity index (χ0n) is 12.0. The Hall–Kier alpha value is -2.68. The Bertz CT molecular complexity index is 763. The molecule has 0 aliphatic heterocycles. The molecule has 0 saturated carbocycles. The molecule has 0 heterocycles. The molecule has 106 valence electrons. The van der Waals surface area contributed by atoms with E-state index in [9.17, 15) is 0 Å². The normalized spacial score (nSPS) is 10.5. The predicted molar refractivity (Wildman–Crippen MR) is 89.3 cm³/mol. The van der Waals surface area contributed by atoms with E-state index in [1.807, 2.05) is 43.3 Å². The van der Waals surface area contributed by atoms with Crippen LogP contribution in [0.2, 0.25) is 0 Å². The highest BCUT2D eigenvalue weighted by Crippen LogP contribution is 2.30. The Morgan fingerprint density at radius 3 is 2.67 bits per heavy atom. The molecule has 21 heavy (non-hydrogen) atoms. The third-order valence-corrected chi connectivity index (χ3v) is 3.38. The standard InChI is InChI=1S/C18H18N2O/c1-2-21-18-12-14(10-11-16(18)19)20-17-9-5-7-13-6-3-4-8-15(13)17/h3-12,20H,2,19H2,1H3. The average molecular weight is 278 g/mol. The van der Waals surface area contributed by atoms with Crippen LogP contribution >= 0.6 is 0 Å². The summed E-state index contributed by atoms with van der Waals surface area (Å²) in [7, 11) is 0. The van der Waals surface area contributed by atoms with Crippen LogP contribution in [0.4, 0.5) is 17.1 Å². The maximum atomic E-state index is 5.91. The Kier molecular flexibility index (Phi) is 3.65. The molecule has 0 aliphatic rings. The maximum absolute atomic E-state index is 5.91. The topological polar surface area (TPSA) is 47.3 Å². The summed E-state index contributed by atoms with van der Waals surface area (Å²) >= 11 is 0. The lowest BCUT2D eigenvalue weighted by Gasteiger charge is -2.12. The second-order valence-electron chi connectivity index (χ2n) is 4.84. The van der Waals surface area contributed by atoms with Crippen LogP contribution in [0.15, 0.2) is 60.7 Å². The summed E-state index contributed by atoms with van der Waals surface area (Å²) in [5.41, 5.74) is 8.59. The first kappa shape index (κ1) is 13.3. The highest BCUT2D eigenvalue weighted by molar-refractivity contribution is 5.95. The van der Waals surface area contributed by atoms with Crippen molar-refractivity contribution >= 4 is 27.8 Å². The Balaban J connectivity index is 1.97. The van der Waals surface area contributed by atoms with Gasteiger partial charge in [-0.2, -0.15) is 0 Å². The number of hydrogen-bond acceptors (Lipinski definition) is 3. The lowest BCUT2D eigenvalue weighted by Crippen LogP contribution is -1.98. The van der Waals surface area contributed by atoms with Crippen LogP contribution in [-0.2, 0) is 0 Å². The zero-order chi connectivity index (χ0) is 14.7. The lowest BCUT2D eigenvalue weighted by atomic mass is 10.1. The van der Waals surface area contributed by atoms with Gasteiger partial charge in [0, 0.05) is 22.8 Å². The summed E-state index contributed by atoms with van der Waals surface area (Å²) < 4.78 is 5.54. The van der Waals surface area contributed by atoms with Gasteiger partial charge >= 0.3 is 0 Å². The molecule has 3 rings (SSSR count). The van der Waals surface area contributed by atoms with Crippen LogP contribution in [0.5, 0.6) is 5.75 Å². The van der Waals surface area contributed by atoms with Crippen molar-refractivity contribution in [3.63, 3.8) is 0 Å². The van der Waals surface area contributed by atoms with E-state index in [1.54, 1.807) is 0 Å². The van der Waals surface area contributed by atoms with Crippen molar-refractivity contribution in [3.8, 4) is 5.75 Å². The van der Waals surface area contributed by atoms with Gasteiger partial charge in [0.2, 0.25) is 0 Å². The zero-order valence-corrected chi connectivity index (χ0v) is 12.0. The summed E-state index contributed by atoms with van der Waals surface area (Å²) in [5.74, 6) is 0.711. The minimum absolute atomic E-state index is 0.599. The van der Waals surface area contributed by atoms with Crippen molar-refractivity contribution in [3.05, 3.63) is 60.7 Å². The monoisotopic (exact) mass is 278 g/mol. The van der Waals surface area contributed by atoms with Gasteiger partial charge in [-0.1, -0.05) is 36.4 Å². The van der Waals surface area contributed by atoms with Crippen LogP contribution in [0.25, 0.3) is 10.8 Å². The minimum atomic E-state index is 0.599. The quantitative estimate of drug-likeness (QED) is 0.687. The molecule has 0 aliphatic carbocycles. The number of anilines is 3. The first-order valence-corrected chi connectivity index (χ1v) is 7.05. The van der Waals surface area contributed by atoms with Gasteiger partial charge in [0.05, 0.1) is 12.3 Å². The van der Waals surface area contributed by atoms with Crippen molar-refractivity contribution < 1.29 is 4.74 Å². The molecule has 3 heteroatoms. The van der Waals surface area contributed by atoms with Gasteiger partial charge in [0.15, 0.2) is 0 Å². The fraction of sp³-hybridized carbons (Fsp3) is 0.111. The summed E-state index contributed by atoms with van der Waals surface area (Å²) in [6, 6.07) is 20.3. The summed E-state index contributed by atoms with van der Waals surface area (Å²) in [4.78, 5) is 0. The van der Waals surface area contributed by atoms with Crippen LogP contribution in [0, 0.1) is 0 Å². The molecule has 0 atom stereocenters. The number of nitrogen functional groups attached to an aromatic ring is 1. The molecular formula is C18H18N2O. The summed E-state index contributed by atoms with van der Waals surface area (Å²) in [6.45, 7) is 2.55. The van der Waals surface area contributed by atoms with Gasteiger partial charge in [-0.05, 0) is 30.5 Å². The van der Waals surface area contributed by atoms with Crippen molar-refractivity contribution in [2.45, 2.75) is 6.92 Å². The molecule has 0 amide bonds. The van der Waals surface area contributed by atoms with Gasteiger partial charge in [0.1, 0.15) is 5.75 Å². The number of hydrogen-bond donors (Lipinski definition) is 2. The summed E-state index contributed by atoms with van der Waals surface area (Å²) in [5, 5.41) is 5.84. The Morgan fingerprint density at radius 2 is 1.81 bits per heavy atom. The number of nitrogens with two attached hydrogens (primary N) is 1. The first-order valence-electron chi connectivity index (χ1n) is 7.05. The van der Waals surface area contributed by atoms with E-state index in [4.69, 9.17) is 10.5 Å². The molecule has 0 aromatic heterocycles. The van der Waals surface area contributed by atoms with Crippen LogP contribution in [0.1, 0.15) is 6.92 Å². The Labute approximate surface area is 124 Å². The smallest absolute Gasteiger partial charge is 0.144 e. The number of ether oxygens (including phenoxy) is 1. The Morgan fingerprint density at radius 1 is 1.00 bits per heavy atom. The number of benzene rings is 3. The number of nitrogens with one attached hydrogen (secondary N) is 1. The lowest BCUT2D eigenvalue weighted by molar-refractivity contribution is 0.342. The highest BCUT2D eigenvalue weighted by Gasteiger charge is 2.04. The van der Waals surface area contributed by atoms with E-state index >= 15 is 0 Å². The summed E-state index contributed by atoms with van der Waals surface area (Å²) in [6.07, 6.45) is 0. The second kappa shape index (κ2) is 5.75. The van der Waals surface area contributed by atoms with Gasteiger partial charge in [-0.3, -0.25) is 0 Å².